The van der Waals surface area contributed by atoms with E-state index >= 15 is 0 Å². The molecule has 4 atom stereocenters. The number of hydrogen-bond donors (Lipinski definition) is 4. The maximum atomic E-state index is 12.9. The summed E-state index contributed by atoms with van der Waals surface area (Å²) in [5, 5.41) is 82.2. The molecule has 0 saturated heterocycles. The summed E-state index contributed by atoms with van der Waals surface area (Å²) in [6.45, 7) is 3.02. The Morgan fingerprint density at radius 1 is 0.274 bits per heavy atom. The summed E-state index contributed by atoms with van der Waals surface area (Å²) in [7, 11) is 0. The van der Waals surface area contributed by atoms with Crippen LogP contribution in [0.1, 0.15) is 124 Å². The Morgan fingerprint density at radius 2 is 0.541 bits per heavy atom. The van der Waals surface area contributed by atoms with Gasteiger partial charge in [0.05, 0.1) is 79.9 Å². The molecule has 15 aromatic carbocycles. The van der Waals surface area contributed by atoms with E-state index in [1.54, 1.807) is 0 Å². The van der Waals surface area contributed by atoms with Crippen molar-refractivity contribution in [3.8, 4) is 102 Å². The summed E-state index contributed by atoms with van der Waals surface area (Å²) >= 11 is 0. The third-order valence-electron chi connectivity index (χ3n) is 24.8. The highest BCUT2D eigenvalue weighted by molar-refractivity contribution is 6.06. The van der Waals surface area contributed by atoms with Crippen LogP contribution in [0.2, 0.25) is 0 Å². The molecule has 4 N–H and O–H groups in total. The normalized spacial score (nSPS) is 14.4. The van der Waals surface area contributed by atoms with Crippen molar-refractivity contribution in [2.75, 3.05) is 0 Å². The van der Waals surface area contributed by atoms with Gasteiger partial charge >= 0.3 is 0 Å². The molecule has 135 heavy (non-hydrogen) atoms. The van der Waals surface area contributed by atoms with Crippen LogP contribution < -0.4 is 0 Å². The first kappa shape index (κ1) is 87.6. The number of fused-ring (bicyclic) bond motifs is 22. The number of aliphatic hydroxyl groups is 4. The number of ketones is 1. The highest BCUT2D eigenvalue weighted by Gasteiger charge is 2.33. The number of carbonyl (C=O) groups is 1. The highest BCUT2D eigenvalue weighted by atomic mass is 16.3. The number of rotatable bonds is 10. The van der Waals surface area contributed by atoms with Crippen molar-refractivity contribution in [3.63, 3.8) is 0 Å². The quantitative estimate of drug-likeness (QED) is 0.0430. The molecule has 0 bridgehead atoms. The molecular formula is C115H93N15O5. The van der Waals surface area contributed by atoms with E-state index in [0.29, 0.717) is 70.4 Å². The predicted octanol–water partition coefficient (Wildman–Crippen LogP) is 22.3. The van der Waals surface area contributed by atoms with E-state index in [1.165, 1.54) is 16.7 Å². The van der Waals surface area contributed by atoms with Crippen molar-refractivity contribution in [1.82, 2.24) is 60.0 Å². The van der Waals surface area contributed by atoms with Gasteiger partial charge in [-0.1, -0.05) is 420 Å². The van der Waals surface area contributed by atoms with Crippen LogP contribution in [0.5, 0.6) is 0 Å². The van der Waals surface area contributed by atoms with E-state index in [2.05, 4.69) is 160 Å². The molecule has 0 spiro atoms. The van der Waals surface area contributed by atoms with Gasteiger partial charge in [0.1, 0.15) is 22.8 Å². The molecule has 19 aromatic rings. The molecule has 0 saturated carbocycles. The van der Waals surface area contributed by atoms with Gasteiger partial charge < -0.3 is 20.4 Å². The Morgan fingerprint density at radius 3 is 0.970 bits per heavy atom. The lowest BCUT2D eigenvalue weighted by atomic mass is 9.87. The summed E-state index contributed by atoms with van der Waals surface area (Å²) in [5.74, 6) is 6.43. The molecule has 4 aromatic heterocycles. The zero-order valence-corrected chi connectivity index (χ0v) is 73.8. The SMILES string of the molecule is O=C1Cc2ccccc2-c2c(nnn2Cc2ccccc2)-c2ccccc21.OC1Cc2ccccc2-c2c(nnn2Cc2ccccc2)-c2ccccc21.OC1Cc2ccccc2-c2c(nnn2Cc2ccccc2)-c2ccccc21.OC1Cc2ccccc2-c2nnn(Cc3ccccc3)c2-c2ccccc21.OC1Cc2ccccc2C#Cc2ccccc21.[N-]=[N+]=NCc1ccccc1. The van der Waals surface area contributed by atoms with E-state index in [9.17, 15) is 25.2 Å². The van der Waals surface area contributed by atoms with Crippen LogP contribution in [0.25, 0.3) is 101 Å². The number of aliphatic hydroxyl groups excluding tert-OH is 4. The zero-order valence-electron chi connectivity index (χ0n) is 73.8. The molecular weight excluding hydrogens is 1670 g/mol. The minimum absolute atomic E-state index is 0.112. The first-order valence-electron chi connectivity index (χ1n) is 45.1. The third kappa shape index (κ3) is 19.5. The van der Waals surface area contributed by atoms with Crippen LogP contribution in [0.3, 0.4) is 0 Å². The molecule has 4 heterocycles. The van der Waals surface area contributed by atoms with Crippen LogP contribution in [-0.2, 0) is 64.8 Å². The van der Waals surface area contributed by atoms with Gasteiger partial charge in [-0.3, -0.25) is 4.79 Å². The summed E-state index contributed by atoms with van der Waals surface area (Å²) in [4.78, 5) is 15.5. The predicted molar refractivity (Wildman–Crippen MR) is 527 cm³/mol. The van der Waals surface area contributed by atoms with Crippen LogP contribution in [0, 0.1) is 11.8 Å². The highest BCUT2D eigenvalue weighted by Crippen LogP contribution is 2.46. The zero-order chi connectivity index (χ0) is 91.8. The van der Waals surface area contributed by atoms with Gasteiger partial charge in [-0.15, -0.1) is 20.4 Å². The summed E-state index contributed by atoms with van der Waals surface area (Å²) in [6.07, 6.45) is 0.567. The van der Waals surface area contributed by atoms with Crippen molar-refractivity contribution >= 4 is 5.78 Å². The molecule has 0 aliphatic heterocycles. The number of Topliss-reactive ketones (excluding diaryl/α,β-unsaturated/α-hetero) is 1. The molecule has 4 unspecified atom stereocenters. The molecule has 0 amide bonds. The standard InChI is InChI=1S/2C23H19N3O.C23H17N3O.C23H19N3O.C16H12O.C7H7N3/c3*27-21-14-17-10-4-5-11-18(17)23-22(20-13-7-6-12-19(20)21)24-25-26(23)15-16-8-2-1-3-9-16;27-21-14-17-10-4-5-11-18(17)22-23(20-13-7-6-12-19(20)21)26(25-24-22)15-16-8-2-1-3-9-16;17-16-11-14-7-2-1-5-12(14)9-10-13-6-3-4-8-15(13)16;8-10-9-6-7-4-2-1-3-5-7/h2*1-13,21,27H,14-15H2;1-13H,14-15H2;1-13,21,27H,14-15H2;1-8,16-17H,11H2;1-5H,6H2. The Labute approximate surface area is 781 Å². The molecule has 5 aliphatic rings. The van der Waals surface area contributed by atoms with E-state index in [-0.39, 0.29) is 5.78 Å². The molecule has 0 fully saturated rings. The van der Waals surface area contributed by atoms with E-state index in [1.807, 2.05) is 316 Å². The second-order valence-electron chi connectivity index (χ2n) is 33.5. The van der Waals surface area contributed by atoms with Gasteiger partial charge in [-0.25, -0.2) is 18.7 Å². The monoisotopic (exact) mass is 1760 g/mol. The van der Waals surface area contributed by atoms with Gasteiger partial charge in [0.15, 0.2) is 5.78 Å². The smallest absolute Gasteiger partial charge is 0.167 e. The number of nitrogens with zero attached hydrogens (tertiary/aromatic N) is 15. The third-order valence-corrected chi connectivity index (χ3v) is 24.8. The van der Waals surface area contributed by atoms with E-state index in [4.69, 9.17) is 5.53 Å². The average Bonchev–Trinajstić information content (AvgIpc) is 1.66. The summed E-state index contributed by atoms with van der Waals surface area (Å²) in [5.41, 5.74) is 40.7. The molecule has 20 heteroatoms. The molecule has 658 valence electrons. The van der Waals surface area contributed by atoms with Crippen molar-refractivity contribution in [2.24, 2.45) is 5.11 Å². The number of aromatic nitrogens is 12. The fraction of sp³-hybridized carbons (Fsp3) is 0.122. The van der Waals surface area contributed by atoms with Crippen LogP contribution in [0.15, 0.2) is 399 Å². The Balaban J connectivity index is 0.000000106. The first-order chi connectivity index (χ1) is 66.5. The molecule has 0 radical (unpaired) electrons. The van der Waals surface area contributed by atoms with E-state index in [0.717, 1.165) is 162 Å². The molecule has 20 nitrogen and oxygen atoms in total. The van der Waals surface area contributed by atoms with Gasteiger partial charge in [-0.2, -0.15) is 0 Å². The second kappa shape index (κ2) is 41.1. The summed E-state index contributed by atoms with van der Waals surface area (Å²) in [6, 6.07) is 131. The maximum Gasteiger partial charge on any atom is 0.167 e. The van der Waals surface area contributed by atoms with Crippen LogP contribution in [0.4, 0.5) is 0 Å². The minimum Gasteiger partial charge on any atom is -0.388 e. The first-order valence-corrected chi connectivity index (χ1v) is 45.1. The lowest BCUT2D eigenvalue weighted by molar-refractivity contribution is 0.0993. The fourth-order valence-corrected chi connectivity index (χ4v) is 18.2. The van der Waals surface area contributed by atoms with Crippen molar-refractivity contribution in [2.45, 2.75) is 89.2 Å². The lowest BCUT2D eigenvalue weighted by Gasteiger charge is -2.21. The molecule has 24 rings (SSSR count). The minimum atomic E-state index is -0.560. The van der Waals surface area contributed by atoms with E-state index < -0.39 is 24.4 Å². The fourth-order valence-electron chi connectivity index (χ4n) is 18.2. The van der Waals surface area contributed by atoms with Crippen molar-refractivity contribution < 1.29 is 25.2 Å². The number of carbonyl (C=O) groups excluding carboxylic acids is 1. The van der Waals surface area contributed by atoms with Gasteiger partial charge in [0, 0.05) is 98.2 Å². The van der Waals surface area contributed by atoms with Crippen molar-refractivity contribution in [3.05, 3.63) is 499 Å². The largest absolute Gasteiger partial charge is 0.388 e. The van der Waals surface area contributed by atoms with Gasteiger partial charge in [-0.05, 0) is 95.6 Å². The Kier molecular flexibility index (Phi) is 26.7. The molecule has 5 aliphatic carbocycles. The topological polar surface area (TPSA) is 270 Å². The van der Waals surface area contributed by atoms with Crippen LogP contribution >= 0.6 is 0 Å². The Hall–Kier alpha value is -16.8. The number of benzene rings is 15. The maximum absolute atomic E-state index is 12.9. The second-order valence-corrected chi connectivity index (χ2v) is 33.5. The van der Waals surface area contributed by atoms with Gasteiger partial charge in [0.25, 0.3) is 0 Å². The Bertz CT molecular complexity index is 7350. The van der Waals surface area contributed by atoms with Crippen molar-refractivity contribution in [1.29, 1.82) is 0 Å². The number of hydrogen-bond acceptors (Lipinski definition) is 14. The average molecular weight is 1770 g/mol. The van der Waals surface area contributed by atoms with Gasteiger partial charge in [0.2, 0.25) is 0 Å². The van der Waals surface area contributed by atoms with Crippen LogP contribution in [-0.4, -0.2) is 86.2 Å². The number of azide groups is 1. The lowest BCUT2D eigenvalue weighted by Crippen LogP contribution is -2.11. The summed E-state index contributed by atoms with van der Waals surface area (Å²) < 4.78 is 7.82.